The Kier molecular flexibility index (Phi) is 4.24. The first-order valence-corrected chi connectivity index (χ1v) is 7.67. The molecule has 1 saturated heterocycles. The topological polar surface area (TPSA) is 83.7 Å². The second kappa shape index (κ2) is 5.49. The van der Waals surface area contributed by atoms with Crippen LogP contribution in [0.2, 0.25) is 0 Å². The maximum absolute atomic E-state index is 11.2. The summed E-state index contributed by atoms with van der Waals surface area (Å²) in [5.74, 6) is 0.192. The zero-order valence-electron chi connectivity index (χ0n) is 14.9. The average Bonchev–Trinajstić information content (AvgIpc) is 2.56. The fraction of sp³-hybridized carbons (Fsp3) is 0.625. The number of primary amides is 1. The van der Waals surface area contributed by atoms with E-state index in [1.54, 1.807) is 6.20 Å². The molecule has 1 aromatic rings. The van der Waals surface area contributed by atoms with Gasteiger partial charge in [0.05, 0.1) is 11.2 Å². The molecule has 0 unspecified atom stereocenters. The summed E-state index contributed by atoms with van der Waals surface area (Å²) in [4.78, 5) is 15.3. The van der Waals surface area contributed by atoms with Crippen molar-refractivity contribution in [3.05, 3.63) is 17.8 Å². The molecule has 2 N–H and O–H groups in total. The fourth-order valence-electron chi connectivity index (χ4n) is 2.55. The number of hydrogen-bond donors (Lipinski definition) is 1. The Labute approximate surface area is 137 Å². The second-order valence-electron chi connectivity index (χ2n) is 7.84. The van der Waals surface area contributed by atoms with Crippen LogP contribution in [0.5, 0.6) is 5.88 Å². The highest BCUT2D eigenvalue weighted by molar-refractivity contribution is 6.62. The zero-order valence-corrected chi connectivity index (χ0v) is 14.9. The predicted molar refractivity (Wildman–Crippen MR) is 88.9 cm³/mol. The molecule has 1 aliphatic rings. The van der Waals surface area contributed by atoms with E-state index < -0.39 is 24.4 Å². The first-order chi connectivity index (χ1) is 10.3. The molecule has 1 aromatic heterocycles. The van der Waals surface area contributed by atoms with Crippen molar-refractivity contribution in [2.45, 2.75) is 65.1 Å². The van der Waals surface area contributed by atoms with Gasteiger partial charge in [-0.25, -0.2) is 9.78 Å². The van der Waals surface area contributed by atoms with Gasteiger partial charge >= 0.3 is 13.2 Å². The molecule has 0 saturated carbocycles. The number of ether oxygens (including phenoxy) is 1. The van der Waals surface area contributed by atoms with Gasteiger partial charge in [0.15, 0.2) is 0 Å². The highest BCUT2D eigenvalue weighted by Crippen LogP contribution is 2.38. The van der Waals surface area contributed by atoms with Crippen molar-refractivity contribution < 1.29 is 18.8 Å². The fourth-order valence-corrected chi connectivity index (χ4v) is 2.55. The zero-order chi connectivity index (χ0) is 17.6. The number of carbonyl (C=O) groups excluding carboxylic acids is 1. The molecule has 1 aliphatic heterocycles. The van der Waals surface area contributed by atoms with Crippen molar-refractivity contribution in [3.8, 4) is 5.88 Å². The second-order valence-corrected chi connectivity index (χ2v) is 7.84. The number of aromatic nitrogens is 1. The van der Waals surface area contributed by atoms with Crippen molar-refractivity contribution >= 4 is 18.7 Å². The first-order valence-electron chi connectivity index (χ1n) is 7.67. The van der Waals surface area contributed by atoms with Crippen molar-refractivity contribution in [3.63, 3.8) is 0 Å². The van der Waals surface area contributed by atoms with E-state index in [-0.39, 0.29) is 11.3 Å². The smallest absolute Gasteiger partial charge is 0.399 e. The Hall–Kier alpha value is -1.60. The lowest BCUT2D eigenvalue weighted by Gasteiger charge is -2.32. The summed E-state index contributed by atoms with van der Waals surface area (Å²) in [5.41, 5.74) is 5.45. The molecule has 0 aliphatic carbocycles. The normalized spacial score (nSPS) is 19.7. The third kappa shape index (κ3) is 3.35. The number of rotatable bonds is 2. The van der Waals surface area contributed by atoms with Crippen molar-refractivity contribution in [1.29, 1.82) is 0 Å². The summed E-state index contributed by atoms with van der Waals surface area (Å²) in [6.45, 7) is 14.0. The van der Waals surface area contributed by atoms with E-state index in [4.69, 9.17) is 19.8 Å². The number of hydrogen-bond acceptors (Lipinski definition) is 5. The maximum atomic E-state index is 11.2. The molecular weight excluding hydrogens is 295 g/mol. The van der Waals surface area contributed by atoms with Gasteiger partial charge in [-0.15, -0.1) is 0 Å². The Morgan fingerprint density at radius 2 is 1.74 bits per heavy atom. The molecule has 0 bridgehead atoms. The first kappa shape index (κ1) is 17.8. The van der Waals surface area contributed by atoms with Crippen LogP contribution in [0.1, 0.15) is 54.0 Å². The quantitative estimate of drug-likeness (QED) is 0.844. The Morgan fingerprint density at radius 3 is 2.17 bits per heavy atom. The Balaban J connectivity index is 2.54. The summed E-state index contributed by atoms with van der Waals surface area (Å²) < 4.78 is 17.3. The van der Waals surface area contributed by atoms with Crippen molar-refractivity contribution in [1.82, 2.24) is 4.98 Å². The number of carbonyl (C=O) groups is 1. The van der Waals surface area contributed by atoms with Crippen LogP contribution >= 0.6 is 0 Å². The molecule has 0 radical (unpaired) electrons. The van der Waals surface area contributed by atoms with Crippen LogP contribution in [0.25, 0.3) is 0 Å². The lowest BCUT2D eigenvalue weighted by atomic mass is 9.70. The molecule has 2 heterocycles. The van der Waals surface area contributed by atoms with Crippen LogP contribution in [0, 0.1) is 0 Å². The third-order valence-corrected chi connectivity index (χ3v) is 4.40. The highest BCUT2D eigenvalue weighted by atomic mass is 16.7. The predicted octanol–water partition coefficient (Wildman–Crippen LogP) is 2.14. The lowest BCUT2D eigenvalue weighted by molar-refractivity contribution is 0.00578. The molecular formula is C16H25BN2O4. The third-order valence-electron chi connectivity index (χ3n) is 4.40. The van der Waals surface area contributed by atoms with Crippen LogP contribution < -0.4 is 15.9 Å². The largest absolute Gasteiger partial charge is 0.495 e. The number of pyridine rings is 1. The molecule has 126 valence electrons. The van der Waals surface area contributed by atoms with E-state index in [9.17, 15) is 4.79 Å². The molecule has 0 atom stereocenters. The van der Waals surface area contributed by atoms with Crippen molar-refractivity contribution in [2.75, 3.05) is 0 Å². The monoisotopic (exact) mass is 320 g/mol. The van der Waals surface area contributed by atoms with E-state index in [1.165, 1.54) is 0 Å². The van der Waals surface area contributed by atoms with Gasteiger partial charge in [0.25, 0.3) is 0 Å². The number of nitrogens with zero attached hydrogens (tertiary/aromatic N) is 1. The minimum Gasteiger partial charge on any atom is -0.399 e. The maximum Gasteiger partial charge on any atom is 0.495 e. The summed E-state index contributed by atoms with van der Waals surface area (Å²) in [7, 11) is -0.563. The SMILES string of the molecule is CC(C)(C)c1c(B2OC(C)(C)C(C)(C)O2)ccnc1OC(N)=O. The molecule has 0 aromatic carbocycles. The molecule has 1 fully saturated rings. The van der Waals surface area contributed by atoms with E-state index >= 15 is 0 Å². The minimum atomic E-state index is -0.894. The van der Waals surface area contributed by atoms with Gasteiger partial charge in [0.1, 0.15) is 0 Å². The van der Waals surface area contributed by atoms with Crippen LogP contribution in [0.4, 0.5) is 4.79 Å². The highest BCUT2D eigenvalue weighted by Gasteiger charge is 2.53. The van der Waals surface area contributed by atoms with Gasteiger partial charge in [-0.1, -0.05) is 20.8 Å². The number of amides is 1. The van der Waals surface area contributed by atoms with Crippen LogP contribution in [-0.4, -0.2) is 29.4 Å². The Bertz CT molecular complexity index is 607. The van der Waals surface area contributed by atoms with Gasteiger partial charge in [-0.3, -0.25) is 0 Å². The molecule has 7 heteroatoms. The van der Waals surface area contributed by atoms with Crippen molar-refractivity contribution in [2.24, 2.45) is 5.73 Å². The van der Waals surface area contributed by atoms with Crippen LogP contribution in [-0.2, 0) is 14.7 Å². The Morgan fingerprint density at radius 1 is 1.22 bits per heavy atom. The lowest BCUT2D eigenvalue weighted by Crippen LogP contribution is -2.41. The summed E-state index contributed by atoms with van der Waals surface area (Å²) in [6, 6.07) is 1.83. The van der Waals surface area contributed by atoms with Crippen LogP contribution in [0.3, 0.4) is 0 Å². The molecule has 2 rings (SSSR count). The van der Waals surface area contributed by atoms with E-state index in [1.807, 2.05) is 54.5 Å². The standard InChI is InChI=1S/C16H25BN2O4/c1-14(2,3)11-10(8-9-19-12(11)21-13(18)20)17-22-15(4,5)16(6,7)23-17/h8-9H,1-7H3,(H2,18,20). The average molecular weight is 320 g/mol. The molecule has 6 nitrogen and oxygen atoms in total. The van der Waals surface area contributed by atoms with E-state index in [0.29, 0.717) is 0 Å². The summed E-state index contributed by atoms with van der Waals surface area (Å²) in [5, 5.41) is 0. The van der Waals surface area contributed by atoms with Gasteiger partial charge in [-0.2, -0.15) is 0 Å². The van der Waals surface area contributed by atoms with Gasteiger partial charge in [-0.05, 0) is 44.6 Å². The molecule has 23 heavy (non-hydrogen) atoms. The van der Waals surface area contributed by atoms with E-state index in [2.05, 4.69) is 4.98 Å². The summed E-state index contributed by atoms with van der Waals surface area (Å²) in [6.07, 6.45) is 0.669. The molecule has 0 spiro atoms. The summed E-state index contributed by atoms with van der Waals surface area (Å²) >= 11 is 0. The molecule has 1 amide bonds. The van der Waals surface area contributed by atoms with Gasteiger partial charge < -0.3 is 19.8 Å². The van der Waals surface area contributed by atoms with Gasteiger partial charge in [0, 0.05) is 11.8 Å². The number of nitrogens with two attached hydrogens (primary N) is 1. The minimum absolute atomic E-state index is 0.192. The van der Waals surface area contributed by atoms with Gasteiger partial charge in [0.2, 0.25) is 5.88 Å². The van der Waals surface area contributed by atoms with E-state index in [0.717, 1.165) is 11.0 Å². The van der Waals surface area contributed by atoms with Crippen LogP contribution in [0.15, 0.2) is 12.3 Å².